The smallest absolute Gasteiger partial charge is 0.122 e. The zero-order valence-electron chi connectivity index (χ0n) is 11.3. The van der Waals surface area contributed by atoms with Crippen LogP contribution in [-0.4, -0.2) is 12.6 Å². The van der Waals surface area contributed by atoms with Gasteiger partial charge in [0.15, 0.2) is 0 Å². The average molecular weight is 235 g/mol. The summed E-state index contributed by atoms with van der Waals surface area (Å²) in [6.45, 7) is 7.08. The Labute approximate surface area is 105 Å². The molecule has 17 heavy (non-hydrogen) atoms. The maximum Gasteiger partial charge on any atom is 0.122 e. The standard InChI is InChI=1S/C15H25NO/c1-4-7-13-10-12(11-14(16)5-2)8-9-15(13)17-6-3/h8-10,14H,4-7,11,16H2,1-3H3. The third-order valence-corrected chi connectivity index (χ3v) is 2.97. The Bertz CT molecular complexity index is 336. The Morgan fingerprint density at radius 3 is 2.59 bits per heavy atom. The van der Waals surface area contributed by atoms with Gasteiger partial charge in [-0.25, -0.2) is 0 Å². The normalized spacial score (nSPS) is 12.5. The van der Waals surface area contributed by atoms with Crippen LogP contribution in [0.2, 0.25) is 0 Å². The molecule has 2 N–H and O–H groups in total. The second-order valence-corrected chi connectivity index (χ2v) is 4.50. The van der Waals surface area contributed by atoms with Crippen molar-refractivity contribution < 1.29 is 4.74 Å². The highest BCUT2D eigenvalue weighted by Gasteiger charge is 2.07. The van der Waals surface area contributed by atoms with Crippen molar-refractivity contribution in [3.63, 3.8) is 0 Å². The molecule has 1 aromatic carbocycles. The quantitative estimate of drug-likeness (QED) is 0.787. The van der Waals surface area contributed by atoms with E-state index < -0.39 is 0 Å². The molecule has 0 bridgehead atoms. The van der Waals surface area contributed by atoms with E-state index >= 15 is 0 Å². The predicted molar refractivity (Wildman–Crippen MR) is 73.6 cm³/mol. The molecular formula is C15H25NO. The molecule has 1 unspecified atom stereocenters. The Morgan fingerprint density at radius 1 is 1.24 bits per heavy atom. The summed E-state index contributed by atoms with van der Waals surface area (Å²) in [6.07, 6.45) is 4.20. The van der Waals surface area contributed by atoms with Crippen LogP contribution >= 0.6 is 0 Å². The van der Waals surface area contributed by atoms with Gasteiger partial charge in [-0.3, -0.25) is 0 Å². The highest BCUT2D eigenvalue weighted by atomic mass is 16.5. The fourth-order valence-electron chi connectivity index (χ4n) is 1.97. The van der Waals surface area contributed by atoms with Crippen LogP contribution in [0.3, 0.4) is 0 Å². The molecule has 0 amide bonds. The first kappa shape index (κ1) is 14.0. The van der Waals surface area contributed by atoms with Gasteiger partial charge in [0.2, 0.25) is 0 Å². The van der Waals surface area contributed by atoms with Crippen LogP contribution in [-0.2, 0) is 12.8 Å². The zero-order chi connectivity index (χ0) is 12.7. The second-order valence-electron chi connectivity index (χ2n) is 4.50. The lowest BCUT2D eigenvalue weighted by molar-refractivity contribution is 0.336. The van der Waals surface area contributed by atoms with Crippen LogP contribution in [0.25, 0.3) is 0 Å². The molecule has 0 saturated heterocycles. The third kappa shape index (κ3) is 4.39. The van der Waals surface area contributed by atoms with E-state index in [4.69, 9.17) is 10.5 Å². The van der Waals surface area contributed by atoms with E-state index in [0.717, 1.165) is 38.0 Å². The molecule has 2 nitrogen and oxygen atoms in total. The van der Waals surface area contributed by atoms with Gasteiger partial charge in [0.1, 0.15) is 5.75 Å². The molecule has 0 fully saturated rings. The van der Waals surface area contributed by atoms with E-state index in [-0.39, 0.29) is 6.04 Å². The SMILES string of the molecule is CCCc1cc(CC(N)CC)ccc1OCC. The summed E-state index contributed by atoms with van der Waals surface area (Å²) < 4.78 is 5.64. The molecule has 0 aromatic heterocycles. The van der Waals surface area contributed by atoms with Crippen molar-refractivity contribution in [2.75, 3.05) is 6.61 Å². The number of nitrogens with two attached hydrogens (primary N) is 1. The summed E-state index contributed by atoms with van der Waals surface area (Å²) in [5.41, 5.74) is 8.63. The molecule has 1 atom stereocenters. The van der Waals surface area contributed by atoms with Gasteiger partial charge in [0.05, 0.1) is 6.61 Å². The molecule has 1 rings (SSSR count). The summed E-state index contributed by atoms with van der Waals surface area (Å²) in [7, 11) is 0. The molecule has 0 radical (unpaired) electrons. The summed E-state index contributed by atoms with van der Waals surface area (Å²) in [6, 6.07) is 6.75. The van der Waals surface area contributed by atoms with Crippen LogP contribution in [0.1, 0.15) is 44.7 Å². The molecule has 96 valence electrons. The van der Waals surface area contributed by atoms with Crippen molar-refractivity contribution in [3.8, 4) is 5.75 Å². The van der Waals surface area contributed by atoms with E-state index in [0.29, 0.717) is 0 Å². The number of rotatable bonds is 7. The Hall–Kier alpha value is -1.02. The Morgan fingerprint density at radius 2 is 2.00 bits per heavy atom. The molecule has 0 aliphatic carbocycles. The Kier molecular flexibility index (Phi) is 6.06. The van der Waals surface area contributed by atoms with Crippen molar-refractivity contribution in [3.05, 3.63) is 29.3 Å². The first-order valence-electron chi connectivity index (χ1n) is 6.71. The van der Waals surface area contributed by atoms with Gasteiger partial charge >= 0.3 is 0 Å². The van der Waals surface area contributed by atoms with Gasteiger partial charge in [0.25, 0.3) is 0 Å². The van der Waals surface area contributed by atoms with Gasteiger partial charge in [-0.15, -0.1) is 0 Å². The average Bonchev–Trinajstić information content (AvgIpc) is 2.33. The zero-order valence-corrected chi connectivity index (χ0v) is 11.3. The minimum Gasteiger partial charge on any atom is -0.494 e. The van der Waals surface area contributed by atoms with E-state index in [2.05, 4.69) is 32.0 Å². The van der Waals surface area contributed by atoms with E-state index in [1.54, 1.807) is 0 Å². The molecule has 0 saturated carbocycles. The van der Waals surface area contributed by atoms with Crippen LogP contribution in [0.15, 0.2) is 18.2 Å². The highest BCUT2D eigenvalue weighted by Crippen LogP contribution is 2.22. The van der Waals surface area contributed by atoms with Gasteiger partial charge in [0, 0.05) is 6.04 Å². The number of ether oxygens (including phenoxy) is 1. The van der Waals surface area contributed by atoms with Crippen LogP contribution in [0.4, 0.5) is 0 Å². The number of aryl methyl sites for hydroxylation is 1. The maximum atomic E-state index is 5.99. The summed E-state index contributed by atoms with van der Waals surface area (Å²) >= 11 is 0. The highest BCUT2D eigenvalue weighted by molar-refractivity contribution is 5.37. The van der Waals surface area contributed by atoms with Crippen molar-refractivity contribution in [2.24, 2.45) is 5.73 Å². The van der Waals surface area contributed by atoms with Crippen molar-refractivity contribution >= 4 is 0 Å². The topological polar surface area (TPSA) is 35.2 Å². The summed E-state index contributed by atoms with van der Waals surface area (Å²) in [4.78, 5) is 0. The van der Waals surface area contributed by atoms with Crippen LogP contribution in [0.5, 0.6) is 5.75 Å². The molecule has 2 heteroatoms. The van der Waals surface area contributed by atoms with Gasteiger partial charge in [-0.05, 0) is 43.4 Å². The van der Waals surface area contributed by atoms with E-state index in [1.807, 2.05) is 6.92 Å². The molecule has 0 heterocycles. The predicted octanol–water partition coefficient (Wildman–Crippen LogP) is 3.32. The lowest BCUT2D eigenvalue weighted by Gasteiger charge is -2.13. The van der Waals surface area contributed by atoms with Crippen molar-refractivity contribution in [1.82, 2.24) is 0 Å². The number of hydrogen-bond acceptors (Lipinski definition) is 2. The van der Waals surface area contributed by atoms with E-state index in [1.165, 1.54) is 11.1 Å². The molecule has 0 aliphatic heterocycles. The fraction of sp³-hybridized carbons (Fsp3) is 0.600. The largest absolute Gasteiger partial charge is 0.494 e. The third-order valence-electron chi connectivity index (χ3n) is 2.97. The van der Waals surface area contributed by atoms with E-state index in [9.17, 15) is 0 Å². The molecule has 0 aliphatic rings. The van der Waals surface area contributed by atoms with Gasteiger partial charge in [-0.1, -0.05) is 32.4 Å². The van der Waals surface area contributed by atoms with Gasteiger partial charge < -0.3 is 10.5 Å². The van der Waals surface area contributed by atoms with Crippen LogP contribution < -0.4 is 10.5 Å². The van der Waals surface area contributed by atoms with Gasteiger partial charge in [-0.2, -0.15) is 0 Å². The first-order valence-corrected chi connectivity index (χ1v) is 6.71. The van der Waals surface area contributed by atoms with Crippen molar-refractivity contribution in [1.29, 1.82) is 0 Å². The minimum absolute atomic E-state index is 0.266. The fourth-order valence-corrected chi connectivity index (χ4v) is 1.97. The monoisotopic (exact) mass is 235 g/mol. The molecule has 0 spiro atoms. The lowest BCUT2D eigenvalue weighted by atomic mass is 10.00. The number of benzene rings is 1. The second kappa shape index (κ2) is 7.33. The summed E-state index contributed by atoms with van der Waals surface area (Å²) in [5, 5.41) is 0. The van der Waals surface area contributed by atoms with Crippen molar-refractivity contribution in [2.45, 2.75) is 52.5 Å². The maximum absolute atomic E-state index is 5.99. The molecular weight excluding hydrogens is 210 g/mol. The first-order chi connectivity index (χ1) is 8.21. The molecule has 1 aromatic rings. The van der Waals surface area contributed by atoms with Crippen LogP contribution in [0, 0.1) is 0 Å². The summed E-state index contributed by atoms with van der Waals surface area (Å²) in [5.74, 6) is 1.03. The number of hydrogen-bond donors (Lipinski definition) is 1. The lowest BCUT2D eigenvalue weighted by Crippen LogP contribution is -2.21. The Balaban J connectivity index is 2.84. The minimum atomic E-state index is 0.266.